The van der Waals surface area contributed by atoms with E-state index in [0.717, 1.165) is 27.8 Å². The number of carbonyl (C=O) groups excluding carboxylic acids is 2. The topological polar surface area (TPSA) is 80.4 Å². The van der Waals surface area contributed by atoms with E-state index in [1.807, 2.05) is 42.6 Å². The second kappa shape index (κ2) is 7.76. The first-order chi connectivity index (χ1) is 13.6. The van der Waals surface area contributed by atoms with Gasteiger partial charge in [0, 0.05) is 36.0 Å². The molecular weight excluding hydrogens is 356 g/mol. The van der Waals surface area contributed by atoms with Crippen LogP contribution in [0, 0.1) is 0 Å². The number of fused-ring (bicyclic) bond motifs is 2. The summed E-state index contributed by atoms with van der Waals surface area (Å²) in [5.74, 6) is 0.871. The Bertz CT molecular complexity index is 1020. The molecule has 0 unspecified atom stereocenters. The van der Waals surface area contributed by atoms with E-state index >= 15 is 0 Å². The molecule has 2 aromatic carbocycles. The van der Waals surface area contributed by atoms with Crippen molar-refractivity contribution in [2.24, 2.45) is 0 Å². The van der Waals surface area contributed by atoms with Crippen LogP contribution in [-0.2, 0) is 16.0 Å². The molecule has 0 bridgehead atoms. The van der Waals surface area contributed by atoms with Crippen LogP contribution >= 0.6 is 0 Å². The van der Waals surface area contributed by atoms with Gasteiger partial charge in [0.25, 0.3) is 0 Å². The van der Waals surface area contributed by atoms with Crippen molar-refractivity contribution in [2.75, 3.05) is 13.7 Å². The van der Waals surface area contributed by atoms with Crippen molar-refractivity contribution in [2.45, 2.75) is 25.2 Å². The fourth-order valence-electron chi connectivity index (χ4n) is 3.69. The molecule has 3 aromatic rings. The Balaban J connectivity index is 1.36. The predicted molar refractivity (Wildman–Crippen MR) is 106 cm³/mol. The van der Waals surface area contributed by atoms with Crippen molar-refractivity contribution >= 4 is 22.8 Å². The van der Waals surface area contributed by atoms with Gasteiger partial charge in [-0.3, -0.25) is 9.59 Å². The molecule has 0 spiro atoms. The molecule has 2 heterocycles. The van der Waals surface area contributed by atoms with Gasteiger partial charge in [-0.2, -0.15) is 0 Å². The Kier molecular flexibility index (Phi) is 5.02. The summed E-state index contributed by atoms with van der Waals surface area (Å²) in [5, 5.41) is 4.07. The highest BCUT2D eigenvalue weighted by Gasteiger charge is 2.28. The van der Waals surface area contributed by atoms with E-state index in [1.165, 1.54) is 0 Å². The highest BCUT2D eigenvalue weighted by molar-refractivity contribution is 5.85. The second-order valence-electron chi connectivity index (χ2n) is 6.94. The van der Waals surface area contributed by atoms with E-state index < -0.39 is 0 Å². The van der Waals surface area contributed by atoms with Gasteiger partial charge in [-0.25, -0.2) is 0 Å². The quantitative estimate of drug-likeness (QED) is 0.509. The van der Waals surface area contributed by atoms with Crippen LogP contribution in [0.3, 0.4) is 0 Å². The monoisotopic (exact) mass is 378 g/mol. The van der Waals surface area contributed by atoms with Gasteiger partial charge in [0.2, 0.25) is 5.91 Å². The van der Waals surface area contributed by atoms with E-state index in [9.17, 15) is 9.59 Å². The van der Waals surface area contributed by atoms with Crippen molar-refractivity contribution in [3.05, 3.63) is 59.8 Å². The lowest BCUT2D eigenvalue weighted by atomic mass is 9.89. The van der Waals surface area contributed by atoms with E-state index in [1.54, 1.807) is 13.2 Å². The van der Waals surface area contributed by atoms with Gasteiger partial charge in [-0.05, 0) is 41.8 Å². The number of nitrogens with one attached hydrogen (secondary N) is 2. The summed E-state index contributed by atoms with van der Waals surface area (Å²) in [6, 6.07) is 13.3. The van der Waals surface area contributed by atoms with Crippen LogP contribution in [0.4, 0.5) is 0 Å². The maximum Gasteiger partial charge on any atom is 0.311 e. The van der Waals surface area contributed by atoms with Crippen LogP contribution in [0.25, 0.3) is 10.9 Å². The zero-order valence-electron chi connectivity index (χ0n) is 15.7. The fourth-order valence-corrected chi connectivity index (χ4v) is 3.69. The summed E-state index contributed by atoms with van der Waals surface area (Å²) in [7, 11) is 1.65. The molecule has 1 aromatic heterocycles. The molecule has 0 radical (unpaired) electrons. The molecule has 0 fully saturated rings. The Morgan fingerprint density at radius 3 is 3.00 bits per heavy atom. The average Bonchev–Trinajstić information content (AvgIpc) is 3.10. The number of esters is 1. The first-order valence-corrected chi connectivity index (χ1v) is 9.34. The highest BCUT2D eigenvalue weighted by atomic mass is 16.5. The zero-order chi connectivity index (χ0) is 19.5. The smallest absolute Gasteiger partial charge is 0.311 e. The van der Waals surface area contributed by atoms with E-state index in [-0.39, 0.29) is 30.6 Å². The lowest BCUT2D eigenvalue weighted by Gasteiger charge is -2.23. The number of H-pyrrole nitrogens is 1. The number of para-hydroxylation sites is 1. The third-order valence-electron chi connectivity index (χ3n) is 5.12. The van der Waals surface area contributed by atoms with Crippen LogP contribution in [0.2, 0.25) is 0 Å². The molecule has 0 aliphatic carbocycles. The Morgan fingerprint density at radius 2 is 2.14 bits per heavy atom. The second-order valence-corrected chi connectivity index (χ2v) is 6.94. The van der Waals surface area contributed by atoms with Crippen LogP contribution < -0.4 is 14.8 Å². The molecule has 2 N–H and O–H groups in total. The van der Waals surface area contributed by atoms with Crippen molar-refractivity contribution in [3.8, 4) is 11.5 Å². The summed E-state index contributed by atoms with van der Waals surface area (Å²) in [5.41, 5.74) is 3.08. The number of rotatable bonds is 6. The Morgan fingerprint density at radius 1 is 1.29 bits per heavy atom. The molecule has 28 heavy (non-hydrogen) atoms. The minimum Gasteiger partial charge on any atom is -0.497 e. The predicted octanol–water partition coefficient (Wildman–Crippen LogP) is 3.32. The van der Waals surface area contributed by atoms with Gasteiger partial charge < -0.3 is 19.8 Å². The maximum atomic E-state index is 12.4. The summed E-state index contributed by atoms with van der Waals surface area (Å²) < 4.78 is 10.5. The molecule has 0 saturated heterocycles. The van der Waals surface area contributed by atoms with Gasteiger partial charge in [-0.15, -0.1) is 0 Å². The summed E-state index contributed by atoms with van der Waals surface area (Å²) in [6.45, 7) is 0.530. The summed E-state index contributed by atoms with van der Waals surface area (Å²) in [6.07, 6.45) is 3.17. The number of carbonyl (C=O) groups is 2. The minimum atomic E-state index is -0.288. The summed E-state index contributed by atoms with van der Waals surface area (Å²) in [4.78, 5) is 27.5. The van der Waals surface area contributed by atoms with Gasteiger partial charge >= 0.3 is 5.97 Å². The molecule has 1 amide bonds. The van der Waals surface area contributed by atoms with E-state index in [4.69, 9.17) is 9.47 Å². The lowest BCUT2D eigenvalue weighted by Crippen LogP contribution is -2.29. The molecule has 6 nitrogen and oxygen atoms in total. The first kappa shape index (κ1) is 18.1. The molecular formula is C22H22N2O4. The van der Waals surface area contributed by atoms with Gasteiger partial charge in [0.05, 0.1) is 13.5 Å². The molecule has 4 rings (SSSR count). The number of hydrogen-bond acceptors (Lipinski definition) is 4. The van der Waals surface area contributed by atoms with Crippen LogP contribution in [0.15, 0.2) is 48.7 Å². The molecule has 1 atom stereocenters. The number of hydrogen-bond donors (Lipinski definition) is 2. The van der Waals surface area contributed by atoms with Crippen molar-refractivity contribution in [1.82, 2.24) is 10.3 Å². The maximum absolute atomic E-state index is 12.4. The number of aromatic nitrogens is 1. The normalized spacial score (nSPS) is 15.8. The largest absolute Gasteiger partial charge is 0.497 e. The SMILES string of the molecule is COc1ccc2[nH]cc(CCNC(=O)C[C@H]3CC(=O)Oc4ccccc43)c2c1. The number of amides is 1. The fraction of sp³-hybridized carbons (Fsp3) is 0.273. The van der Waals surface area contributed by atoms with Crippen LogP contribution in [0.1, 0.15) is 29.9 Å². The molecule has 1 aliphatic heterocycles. The number of aromatic amines is 1. The molecule has 0 saturated carbocycles. The van der Waals surface area contributed by atoms with Gasteiger partial charge in [0.15, 0.2) is 0 Å². The van der Waals surface area contributed by atoms with Gasteiger partial charge in [-0.1, -0.05) is 18.2 Å². The molecule has 144 valence electrons. The standard InChI is InChI=1S/C22H22N2O4/c1-27-16-6-7-19-18(12-16)14(13-24-19)8-9-23-21(25)10-15-11-22(26)28-20-5-3-2-4-17(15)20/h2-7,12-13,15,24H,8-11H2,1H3,(H,23,25)/t15-/m0/s1. The Labute approximate surface area is 162 Å². The highest BCUT2D eigenvalue weighted by Crippen LogP contribution is 2.35. The number of ether oxygens (including phenoxy) is 2. The van der Waals surface area contributed by atoms with E-state index in [2.05, 4.69) is 10.3 Å². The molecule has 6 heteroatoms. The van der Waals surface area contributed by atoms with Crippen molar-refractivity contribution in [3.63, 3.8) is 0 Å². The number of benzene rings is 2. The minimum absolute atomic E-state index is 0.0630. The third-order valence-corrected chi connectivity index (χ3v) is 5.12. The average molecular weight is 378 g/mol. The molecule has 1 aliphatic rings. The zero-order valence-corrected chi connectivity index (χ0v) is 15.7. The third kappa shape index (κ3) is 3.71. The summed E-state index contributed by atoms with van der Waals surface area (Å²) >= 11 is 0. The van der Waals surface area contributed by atoms with Crippen molar-refractivity contribution in [1.29, 1.82) is 0 Å². The van der Waals surface area contributed by atoms with Crippen LogP contribution in [0.5, 0.6) is 11.5 Å². The van der Waals surface area contributed by atoms with E-state index in [0.29, 0.717) is 18.7 Å². The van der Waals surface area contributed by atoms with Crippen molar-refractivity contribution < 1.29 is 19.1 Å². The first-order valence-electron chi connectivity index (χ1n) is 9.34. The van der Waals surface area contributed by atoms with Crippen LogP contribution in [-0.4, -0.2) is 30.5 Å². The Hall–Kier alpha value is -3.28. The van der Waals surface area contributed by atoms with Gasteiger partial charge in [0.1, 0.15) is 11.5 Å². The number of methoxy groups -OCH3 is 1. The lowest BCUT2D eigenvalue weighted by molar-refractivity contribution is -0.136.